The molecule has 0 fully saturated rings. The number of imidazole rings is 1. The molecule has 152 valence electrons. The summed E-state index contributed by atoms with van der Waals surface area (Å²) in [7, 11) is 0. The fourth-order valence-corrected chi connectivity index (χ4v) is 4.05. The molecule has 2 aromatic heterocycles. The molecule has 2 aromatic carbocycles. The average Bonchev–Trinajstić information content (AvgIpc) is 3.42. The Morgan fingerprint density at radius 3 is 2.77 bits per heavy atom. The Morgan fingerprint density at radius 2 is 2.03 bits per heavy atom. The summed E-state index contributed by atoms with van der Waals surface area (Å²) in [5.41, 5.74) is 5.67. The van der Waals surface area contributed by atoms with E-state index in [0.29, 0.717) is 28.9 Å². The Hall–Kier alpha value is -3.69. The van der Waals surface area contributed by atoms with Gasteiger partial charge < -0.3 is 4.52 Å². The molecule has 0 unspecified atom stereocenters. The van der Waals surface area contributed by atoms with Gasteiger partial charge in [0.2, 0.25) is 0 Å². The second-order valence-corrected chi connectivity index (χ2v) is 7.63. The predicted molar refractivity (Wildman–Crippen MR) is 120 cm³/mol. The summed E-state index contributed by atoms with van der Waals surface area (Å²) >= 11 is 6.56. The van der Waals surface area contributed by atoms with Crippen LogP contribution in [0.1, 0.15) is 48.1 Å². The van der Waals surface area contributed by atoms with Gasteiger partial charge in [-0.15, -0.1) is 6.42 Å². The third-order valence-corrected chi connectivity index (χ3v) is 5.65. The van der Waals surface area contributed by atoms with E-state index in [4.69, 9.17) is 27.5 Å². The number of aromatic nitrogens is 4. The van der Waals surface area contributed by atoms with Crippen molar-refractivity contribution in [2.45, 2.75) is 26.3 Å². The van der Waals surface area contributed by atoms with Crippen LogP contribution < -0.4 is 0 Å². The normalized spacial score (nSPS) is 14.9. The Kier molecular flexibility index (Phi) is 4.68. The molecule has 0 saturated heterocycles. The van der Waals surface area contributed by atoms with Gasteiger partial charge in [-0.2, -0.15) is 4.98 Å². The van der Waals surface area contributed by atoms with Gasteiger partial charge in [0.05, 0.1) is 23.1 Å². The fraction of sp³-hybridized carbons (Fsp3) is 0.167. The zero-order chi connectivity index (χ0) is 21.5. The molecule has 4 aromatic rings. The molecule has 0 amide bonds. The van der Waals surface area contributed by atoms with Gasteiger partial charge >= 0.3 is 0 Å². The standard InChI is InChI=1S/C24H18ClN5O/c1-4-15-10-11-19-17(12-15)21(16-8-6-7-9-18(16)25)27-14(3)23-22(26-13-30(19)23)24-28-20(5-2)29-31-24/h1,6-14H,5H2,2-3H3/t14-/m1/s1. The van der Waals surface area contributed by atoms with Crippen LogP contribution in [0.5, 0.6) is 0 Å². The lowest BCUT2D eigenvalue weighted by Crippen LogP contribution is -2.08. The van der Waals surface area contributed by atoms with Gasteiger partial charge in [-0.3, -0.25) is 9.56 Å². The number of aliphatic imine (C=N–C) groups is 1. The molecule has 31 heavy (non-hydrogen) atoms. The van der Waals surface area contributed by atoms with Crippen LogP contribution in [0, 0.1) is 12.3 Å². The first kappa shape index (κ1) is 19.3. The molecule has 0 saturated carbocycles. The number of rotatable bonds is 3. The fourth-order valence-electron chi connectivity index (χ4n) is 3.83. The smallest absolute Gasteiger partial charge is 0.278 e. The second kappa shape index (κ2) is 7.53. The van der Waals surface area contributed by atoms with Gasteiger partial charge in [0.1, 0.15) is 6.33 Å². The molecule has 1 aliphatic rings. The molecule has 1 atom stereocenters. The Balaban J connectivity index is 1.79. The van der Waals surface area contributed by atoms with E-state index in [1.165, 1.54) is 0 Å². The number of benzene rings is 2. The van der Waals surface area contributed by atoms with Crippen LogP contribution in [0.3, 0.4) is 0 Å². The van der Waals surface area contributed by atoms with Gasteiger partial charge in [-0.25, -0.2) is 4.98 Å². The third-order valence-electron chi connectivity index (χ3n) is 5.32. The molecule has 3 heterocycles. The van der Waals surface area contributed by atoms with Gasteiger partial charge in [0.25, 0.3) is 5.89 Å². The first-order valence-corrected chi connectivity index (χ1v) is 10.3. The van der Waals surface area contributed by atoms with Gasteiger partial charge in [0, 0.05) is 28.1 Å². The minimum Gasteiger partial charge on any atom is -0.332 e. The highest BCUT2D eigenvalue weighted by atomic mass is 35.5. The highest BCUT2D eigenvalue weighted by molar-refractivity contribution is 6.35. The summed E-state index contributed by atoms with van der Waals surface area (Å²) in [6, 6.07) is 13.3. The van der Waals surface area contributed by atoms with Crippen molar-refractivity contribution in [1.82, 2.24) is 19.7 Å². The van der Waals surface area contributed by atoms with Crippen molar-refractivity contribution in [3.05, 3.63) is 82.0 Å². The molecular formula is C24H18ClN5O. The number of terminal acetylenes is 1. The third kappa shape index (κ3) is 3.15. The first-order chi connectivity index (χ1) is 15.1. The van der Waals surface area contributed by atoms with Crippen LogP contribution in [0.4, 0.5) is 0 Å². The largest absolute Gasteiger partial charge is 0.332 e. The first-order valence-electron chi connectivity index (χ1n) is 9.95. The van der Waals surface area contributed by atoms with E-state index in [-0.39, 0.29) is 6.04 Å². The van der Waals surface area contributed by atoms with Crippen molar-refractivity contribution in [1.29, 1.82) is 0 Å². The van der Waals surface area contributed by atoms with Crippen LogP contribution in [0.2, 0.25) is 5.02 Å². The molecule has 5 rings (SSSR count). The lowest BCUT2D eigenvalue weighted by Gasteiger charge is -2.13. The molecular weight excluding hydrogens is 410 g/mol. The van der Waals surface area contributed by atoms with Gasteiger partial charge in [-0.05, 0) is 31.2 Å². The van der Waals surface area contributed by atoms with Crippen molar-refractivity contribution in [2.24, 2.45) is 4.99 Å². The molecule has 0 aliphatic carbocycles. The minimum atomic E-state index is -0.248. The molecule has 0 N–H and O–H groups in total. The maximum Gasteiger partial charge on any atom is 0.278 e. The molecule has 7 heteroatoms. The summed E-state index contributed by atoms with van der Waals surface area (Å²) in [6.45, 7) is 3.99. The van der Waals surface area contributed by atoms with E-state index in [1.807, 2.05) is 60.9 Å². The molecule has 1 aliphatic heterocycles. The van der Waals surface area contributed by atoms with E-state index in [2.05, 4.69) is 21.0 Å². The lowest BCUT2D eigenvalue weighted by atomic mass is 9.98. The van der Waals surface area contributed by atoms with Crippen LogP contribution >= 0.6 is 11.6 Å². The number of fused-ring (bicyclic) bond motifs is 3. The zero-order valence-corrected chi connectivity index (χ0v) is 17.8. The summed E-state index contributed by atoms with van der Waals surface area (Å²) in [5.74, 6) is 3.73. The van der Waals surface area contributed by atoms with Crippen LogP contribution in [-0.2, 0) is 6.42 Å². The van der Waals surface area contributed by atoms with Crippen molar-refractivity contribution < 1.29 is 4.52 Å². The van der Waals surface area contributed by atoms with Crippen molar-refractivity contribution in [3.8, 4) is 29.6 Å². The highest BCUT2D eigenvalue weighted by Crippen LogP contribution is 2.36. The summed E-state index contributed by atoms with van der Waals surface area (Å²) in [6.07, 6.45) is 8.13. The highest BCUT2D eigenvalue weighted by Gasteiger charge is 2.29. The quantitative estimate of drug-likeness (QED) is 0.430. The number of hydrogen-bond donors (Lipinski definition) is 0. The van der Waals surface area contributed by atoms with Gasteiger partial charge in [-0.1, -0.05) is 47.8 Å². The number of aryl methyl sites for hydroxylation is 1. The Labute approximate surface area is 184 Å². The number of nitrogens with zero attached hydrogens (tertiary/aromatic N) is 5. The summed E-state index contributed by atoms with van der Waals surface area (Å²) in [4.78, 5) is 14.1. The van der Waals surface area contributed by atoms with Gasteiger partial charge in [0.15, 0.2) is 11.5 Å². The van der Waals surface area contributed by atoms with Crippen LogP contribution in [-0.4, -0.2) is 25.4 Å². The molecule has 6 nitrogen and oxygen atoms in total. The van der Waals surface area contributed by atoms with Crippen molar-refractivity contribution in [3.63, 3.8) is 0 Å². The second-order valence-electron chi connectivity index (χ2n) is 7.23. The van der Waals surface area contributed by atoms with E-state index < -0.39 is 0 Å². The van der Waals surface area contributed by atoms with Crippen molar-refractivity contribution in [2.75, 3.05) is 0 Å². The Bertz CT molecular complexity index is 1370. The van der Waals surface area contributed by atoms with Crippen molar-refractivity contribution >= 4 is 17.3 Å². The van der Waals surface area contributed by atoms with E-state index in [0.717, 1.165) is 33.8 Å². The lowest BCUT2D eigenvalue weighted by molar-refractivity contribution is 0.421. The maximum absolute atomic E-state index is 6.56. The topological polar surface area (TPSA) is 69.1 Å². The minimum absolute atomic E-state index is 0.248. The number of hydrogen-bond acceptors (Lipinski definition) is 5. The predicted octanol–water partition coefficient (Wildman–Crippen LogP) is 5.03. The zero-order valence-electron chi connectivity index (χ0n) is 17.0. The molecule has 0 spiro atoms. The van der Waals surface area contributed by atoms with Crippen LogP contribution in [0.15, 0.2) is 58.3 Å². The molecule has 0 radical (unpaired) electrons. The summed E-state index contributed by atoms with van der Waals surface area (Å²) in [5, 5.41) is 4.64. The van der Waals surface area contributed by atoms with E-state index in [9.17, 15) is 0 Å². The molecule has 0 bridgehead atoms. The summed E-state index contributed by atoms with van der Waals surface area (Å²) < 4.78 is 7.49. The average molecular weight is 428 g/mol. The monoisotopic (exact) mass is 427 g/mol. The number of halogens is 1. The van der Waals surface area contributed by atoms with E-state index in [1.54, 1.807) is 6.33 Å². The Morgan fingerprint density at radius 1 is 1.19 bits per heavy atom. The van der Waals surface area contributed by atoms with E-state index >= 15 is 0 Å². The maximum atomic E-state index is 6.56. The SMILES string of the molecule is C#Cc1ccc2c(c1)C(c1ccccc1Cl)=N[C@H](C)c1c(-c3nc(CC)no3)ncn1-2. The van der Waals surface area contributed by atoms with Crippen LogP contribution in [0.25, 0.3) is 17.3 Å².